The van der Waals surface area contributed by atoms with Crippen LogP contribution in [0.1, 0.15) is 15.9 Å². The van der Waals surface area contributed by atoms with Crippen LogP contribution in [-0.2, 0) is 6.61 Å². The summed E-state index contributed by atoms with van der Waals surface area (Å²) in [5.41, 5.74) is 0.114. The van der Waals surface area contributed by atoms with Crippen LogP contribution in [0.3, 0.4) is 0 Å². The van der Waals surface area contributed by atoms with Gasteiger partial charge in [-0.25, -0.2) is 9.18 Å². The molecule has 0 bridgehead atoms. The molecule has 0 amide bonds. The fraction of sp³-hybridized carbons (Fsp3) is 0.0714. The first-order chi connectivity index (χ1) is 9.47. The summed E-state index contributed by atoms with van der Waals surface area (Å²) >= 11 is 11.8. The summed E-state index contributed by atoms with van der Waals surface area (Å²) in [6.07, 6.45) is 0. The lowest BCUT2D eigenvalue weighted by molar-refractivity contribution is 0.0691. The molecule has 20 heavy (non-hydrogen) atoms. The van der Waals surface area contributed by atoms with Crippen molar-refractivity contribution in [2.24, 2.45) is 0 Å². The van der Waals surface area contributed by atoms with E-state index in [0.29, 0.717) is 21.4 Å². The molecule has 0 aliphatic carbocycles. The normalized spacial score (nSPS) is 10.3. The molecule has 0 aromatic heterocycles. The molecule has 0 unspecified atom stereocenters. The van der Waals surface area contributed by atoms with Crippen molar-refractivity contribution in [3.05, 3.63) is 63.4 Å². The second-order valence-corrected chi connectivity index (χ2v) is 4.83. The molecule has 0 aliphatic heterocycles. The largest absolute Gasteiger partial charge is 0.487 e. The van der Waals surface area contributed by atoms with E-state index in [-0.39, 0.29) is 6.61 Å². The van der Waals surface area contributed by atoms with Crippen LogP contribution in [0.5, 0.6) is 5.75 Å². The van der Waals surface area contributed by atoms with E-state index in [1.165, 1.54) is 12.1 Å². The van der Waals surface area contributed by atoms with Crippen LogP contribution in [0.25, 0.3) is 0 Å². The van der Waals surface area contributed by atoms with Crippen molar-refractivity contribution in [2.75, 3.05) is 0 Å². The van der Waals surface area contributed by atoms with Gasteiger partial charge in [0.1, 0.15) is 18.2 Å². The van der Waals surface area contributed by atoms with Crippen molar-refractivity contribution in [2.45, 2.75) is 6.61 Å². The standard InChI is InChI=1S/C14H9Cl2FO3/c15-9-2-3-11(16)13(6-9)20-7-8-1-4-12(17)10(5-8)14(18)19/h1-6H,7H2,(H,18,19). The number of hydrogen-bond acceptors (Lipinski definition) is 2. The van der Waals surface area contributed by atoms with E-state index in [4.69, 9.17) is 33.0 Å². The summed E-state index contributed by atoms with van der Waals surface area (Å²) in [7, 11) is 0. The molecule has 0 aliphatic rings. The van der Waals surface area contributed by atoms with Crippen LogP contribution in [-0.4, -0.2) is 11.1 Å². The van der Waals surface area contributed by atoms with Crippen LogP contribution < -0.4 is 4.74 Å². The van der Waals surface area contributed by atoms with Gasteiger partial charge in [0.25, 0.3) is 0 Å². The van der Waals surface area contributed by atoms with Crippen molar-refractivity contribution in [1.29, 1.82) is 0 Å². The number of hydrogen-bond donors (Lipinski definition) is 1. The Balaban J connectivity index is 2.17. The average Bonchev–Trinajstić information content (AvgIpc) is 2.41. The number of carbonyl (C=O) groups is 1. The summed E-state index contributed by atoms with van der Waals surface area (Å²) in [4.78, 5) is 10.8. The van der Waals surface area contributed by atoms with Gasteiger partial charge in [0.05, 0.1) is 10.6 Å². The molecule has 0 heterocycles. The van der Waals surface area contributed by atoms with E-state index in [1.807, 2.05) is 0 Å². The Hall–Kier alpha value is -1.78. The lowest BCUT2D eigenvalue weighted by atomic mass is 10.1. The van der Waals surface area contributed by atoms with Gasteiger partial charge in [-0.15, -0.1) is 0 Å². The SMILES string of the molecule is O=C(O)c1cc(COc2cc(Cl)ccc2Cl)ccc1F. The summed E-state index contributed by atoms with van der Waals surface area (Å²) in [5, 5.41) is 9.69. The van der Waals surface area contributed by atoms with Gasteiger partial charge in [-0.2, -0.15) is 0 Å². The first-order valence-corrected chi connectivity index (χ1v) is 6.32. The van der Waals surface area contributed by atoms with Gasteiger partial charge in [0.15, 0.2) is 0 Å². The maximum Gasteiger partial charge on any atom is 0.338 e. The van der Waals surface area contributed by atoms with Crippen LogP contribution in [0.4, 0.5) is 4.39 Å². The topological polar surface area (TPSA) is 46.5 Å². The molecular formula is C14H9Cl2FO3. The number of rotatable bonds is 4. The third-order valence-corrected chi connectivity index (χ3v) is 3.10. The third-order valence-electron chi connectivity index (χ3n) is 2.55. The molecule has 1 N–H and O–H groups in total. The zero-order valence-electron chi connectivity index (χ0n) is 10.1. The quantitative estimate of drug-likeness (QED) is 0.909. The van der Waals surface area contributed by atoms with Crippen molar-refractivity contribution in [3.8, 4) is 5.75 Å². The van der Waals surface area contributed by atoms with Gasteiger partial charge in [-0.3, -0.25) is 0 Å². The van der Waals surface area contributed by atoms with Gasteiger partial charge >= 0.3 is 5.97 Å². The summed E-state index contributed by atoms with van der Waals surface area (Å²) in [5.74, 6) is -1.74. The molecular weight excluding hydrogens is 306 g/mol. The van der Waals surface area contributed by atoms with Crippen molar-refractivity contribution >= 4 is 29.2 Å². The molecule has 0 spiro atoms. The Bertz CT molecular complexity index is 659. The van der Waals surface area contributed by atoms with Gasteiger partial charge in [0.2, 0.25) is 0 Å². The molecule has 0 fully saturated rings. The molecule has 3 nitrogen and oxygen atoms in total. The third kappa shape index (κ3) is 3.40. The highest BCUT2D eigenvalue weighted by Crippen LogP contribution is 2.28. The number of ether oxygens (including phenoxy) is 1. The van der Waals surface area contributed by atoms with E-state index in [0.717, 1.165) is 6.07 Å². The van der Waals surface area contributed by atoms with Crippen molar-refractivity contribution in [1.82, 2.24) is 0 Å². The lowest BCUT2D eigenvalue weighted by Crippen LogP contribution is -2.03. The second-order valence-electron chi connectivity index (χ2n) is 3.98. The molecule has 104 valence electrons. The second kappa shape index (κ2) is 6.11. The zero-order chi connectivity index (χ0) is 14.7. The van der Waals surface area contributed by atoms with Crippen LogP contribution >= 0.6 is 23.2 Å². The number of halogens is 3. The molecule has 6 heteroatoms. The molecule has 0 radical (unpaired) electrons. The maximum atomic E-state index is 13.2. The summed E-state index contributed by atoms with van der Waals surface area (Å²) in [6.45, 7) is 0.0562. The van der Waals surface area contributed by atoms with Gasteiger partial charge in [-0.1, -0.05) is 29.3 Å². The van der Waals surface area contributed by atoms with Crippen LogP contribution in [0.15, 0.2) is 36.4 Å². The fourth-order valence-corrected chi connectivity index (χ4v) is 1.91. The smallest absolute Gasteiger partial charge is 0.338 e. The summed E-state index contributed by atoms with van der Waals surface area (Å²) < 4.78 is 18.7. The molecule has 0 saturated carbocycles. The minimum Gasteiger partial charge on any atom is -0.487 e. The van der Waals surface area contributed by atoms with Crippen molar-refractivity contribution in [3.63, 3.8) is 0 Å². The predicted molar refractivity (Wildman–Crippen MR) is 74.2 cm³/mol. The zero-order valence-corrected chi connectivity index (χ0v) is 11.6. The lowest BCUT2D eigenvalue weighted by Gasteiger charge is -2.09. The first kappa shape index (κ1) is 14.6. The van der Waals surface area contributed by atoms with Crippen LogP contribution in [0.2, 0.25) is 10.0 Å². The fourth-order valence-electron chi connectivity index (χ4n) is 1.57. The number of carboxylic acids is 1. The van der Waals surface area contributed by atoms with Gasteiger partial charge in [0, 0.05) is 11.1 Å². The Morgan fingerprint density at radius 3 is 2.65 bits per heavy atom. The maximum absolute atomic E-state index is 13.2. The molecule has 0 atom stereocenters. The average molecular weight is 315 g/mol. The Labute approximate surface area is 124 Å². The van der Waals surface area contributed by atoms with E-state index in [1.54, 1.807) is 18.2 Å². The first-order valence-electron chi connectivity index (χ1n) is 5.57. The Kier molecular flexibility index (Phi) is 4.47. The highest BCUT2D eigenvalue weighted by atomic mass is 35.5. The van der Waals surface area contributed by atoms with E-state index >= 15 is 0 Å². The number of benzene rings is 2. The van der Waals surface area contributed by atoms with E-state index in [9.17, 15) is 9.18 Å². The highest BCUT2D eigenvalue weighted by Gasteiger charge is 2.11. The molecule has 2 aromatic rings. The Morgan fingerprint density at radius 1 is 1.20 bits per heavy atom. The van der Waals surface area contributed by atoms with Crippen molar-refractivity contribution < 1.29 is 19.0 Å². The summed E-state index contributed by atoms with van der Waals surface area (Å²) in [6, 6.07) is 8.51. The van der Waals surface area contributed by atoms with Gasteiger partial charge < -0.3 is 9.84 Å². The highest BCUT2D eigenvalue weighted by molar-refractivity contribution is 6.34. The minimum absolute atomic E-state index is 0.0562. The minimum atomic E-state index is -1.33. The molecule has 0 saturated heterocycles. The van der Waals surface area contributed by atoms with E-state index in [2.05, 4.69) is 0 Å². The molecule has 2 rings (SSSR count). The number of aromatic carboxylic acids is 1. The molecule has 2 aromatic carbocycles. The van der Waals surface area contributed by atoms with Crippen LogP contribution in [0, 0.1) is 5.82 Å². The van der Waals surface area contributed by atoms with E-state index < -0.39 is 17.3 Å². The predicted octanol–water partition coefficient (Wildman–Crippen LogP) is 4.41. The monoisotopic (exact) mass is 314 g/mol. The Morgan fingerprint density at radius 2 is 1.95 bits per heavy atom. The number of carboxylic acid groups (broad SMARTS) is 1. The van der Waals surface area contributed by atoms with Gasteiger partial charge in [-0.05, 0) is 29.8 Å².